The van der Waals surface area contributed by atoms with Crippen LogP contribution >= 0.6 is 0 Å². The first-order valence-corrected chi connectivity index (χ1v) is 8.54. The smallest absolute Gasteiger partial charge is 0.0702 e. The van der Waals surface area contributed by atoms with Gasteiger partial charge in [-0.2, -0.15) is 0 Å². The second-order valence-electron chi connectivity index (χ2n) is 6.73. The fourth-order valence-electron chi connectivity index (χ4n) is 3.92. The molecule has 2 aliphatic heterocycles. The molecule has 3 nitrogen and oxygen atoms in total. The van der Waals surface area contributed by atoms with E-state index < -0.39 is 0 Å². The van der Waals surface area contributed by atoms with Crippen molar-refractivity contribution < 1.29 is 4.74 Å². The zero-order chi connectivity index (χ0) is 14.8. The Morgan fingerprint density at radius 2 is 2.05 bits per heavy atom. The van der Waals surface area contributed by atoms with Crippen LogP contribution in [-0.4, -0.2) is 42.2 Å². The van der Waals surface area contributed by atoms with Gasteiger partial charge in [-0.3, -0.25) is 9.88 Å². The summed E-state index contributed by atoms with van der Waals surface area (Å²) < 4.78 is 5.53. The SMILES string of the molecule is c1cnc2ccc(CC3CCN(C4CCOC4)CC3)cc2c1. The van der Waals surface area contributed by atoms with E-state index >= 15 is 0 Å². The first-order chi connectivity index (χ1) is 10.9. The Balaban J connectivity index is 1.37. The maximum atomic E-state index is 5.53. The van der Waals surface area contributed by atoms with Crippen molar-refractivity contribution in [1.29, 1.82) is 0 Å². The van der Waals surface area contributed by atoms with E-state index in [9.17, 15) is 0 Å². The summed E-state index contributed by atoms with van der Waals surface area (Å²) in [5, 5.41) is 1.26. The third-order valence-electron chi connectivity index (χ3n) is 5.26. The fourth-order valence-corrected chi connectivity index (χ4v) is 3.92. The van der Waals surface area contributed by atoms with E-state index in [1.54, 1.807) is 0 Å². The minimum absolute atomic E-state index is 0.688. The largest absolute Gasteiger partial charge is 0.380 e. The average molecular weight is 296 g/mol. The highest BCUT2D eigenvalue weighted by atomic mass is 16.5. The molecule has 1 aromatic carbocycles. The molecule has 0 bridgehead atoms. The molecule has 3 heteroatoms. The van der Waals surface area contributed by atoms with Gasteiger partial charge in [0.1, 0.15) is 0 Å². The van der Waals surface area contributed by atoms with Crippen molar-refractivity contribution in [2.75, 3.05) is 26.3 Å². The molecule has 3 heterocycles. The third kappa shape index (κ3) is 3.01. The van der Waals surface area contributed by atoms with Gasteiger partial charge in [-0.05, 0) is 68.5 Å². The minimum atomic E-state index is 0.688. The van der Waals surface area contributed by atoms with Gasteiger partial charge in [0.2, 0.25) is 0 Å². The highest BCUT2D eigenvalue weighted by Gasteiger charge is 2.27. The van der Waals surface area contributed by atoms with Gasteiger partial charge >= 0.3 is 0 Å². The number of pyridine rings is 1. The van der Waals surface area contributed by atoms with Gasteiger partial charge in [0.15, 0.2) is 0 Å². The summed E-state index contributed by atoms with van der Waals surface area (Å²) >= 11 is 0. The van der Waals surface area contributed by atoms with Crippen LogP contribution in [0.4, 0.5) is 0 Å². The summed E-state index contributed by atoms with van der Waals surface area (Å²) in [5.41, 5.74) is 2.56. The van der Waals surface area contributed by atoms with Gasteiger partial charge in [0.25, 0.3) is 0 Å². The van der Waals surface area contributed by atoms with Gasteiger partial charge < -0.3 is 4.74 Å². The molecular weight excluding hydrogens is 272 g/mol. The molecule has 0 saturated carbocycles. The van der Waals surface area contributed by atoms with Gasteiger partial charge in [0, 0.05) is 24.2 Å². The third-order valence-corrected chi connectivity index (χ3v) is 5.26. The number of likely N-dealkylation sites (tertiary alicyclic amines) is 1. The number of piperidine rings is 1. The molecule has 1 unspecified atom stereocenters. The fraction of sp³-hybridized carbons (Fsp3) is 0.526. The molecule has 1 atom stereocenters. The van der Waals surface area contributed by atoms with E-state index in [1.807, 2.05) is 12.3 Å². The van der Waals surface area contributed by atoms with Crippen LogP contribution in [0.15, 0.2) is 36.5 Å². The van der Waals surface area contributed by atoms with E-state index in [4.69, 9.17) is 4.74 Å². The molecule has 2 fully saturated rings. The lowest BCUT2D eigenvalue weighted by Crippen LogP contribution is -2.42. The van der Waals surface area contributed by atoms with Crippen molar-refractivity contribution in [3.05, 3.63) is 42.1 Å². The number of rotatable bonds is 3. The summed E-state index contributed by atoms with van der Waals surface area (Å²) in [7, 11) is 0. The van der Waals surface area contributed by atoms with Crippen LogP contribution in [0.25, 0.3) is 10.9 Å². The van der Waals surface area contributed by atoms with Gasteiger partial charge in [0.05, 0.1) is 12.1 Å². The zero-order valence-corrected chi connectivity index (χ0v) is 13.1. The molecule has 2 saturated heterocycles. The van der Waals surface area contributed by atoms with Crippen molar-refractivity contribution in [3.63, 3.8) is 0 Å². The second-order valence-corrected chi connectivity index (χ2v) is 6.73. The predicted molar refractivity (Wildman–Crippen MR) is 89.0 cm³/mol. The van der Waals surface area contributed by atoms with Gasteiger partial charge in [-0.25, -0.2) is 0 Å². The number of nitrogens with zero attached hydrogens (tertiary/aromatic N) is 2. The Morgan fingerprint density at radius 1 is 1.14 bits per heavy atom. The highest BCUT2D eigenvalue weighted by Crippen LogP contribution is 2.26. The van der Waals surface area contributed by atoms with Crippen LogP contribution < -0.4 is 0 Å². The number of benzene rings is 1. The molecular formula is C19H24N2O. The van der Waals surface area contributed by atoms with Crippen molar-refractivity contribution >= 4 is 10.9 Å². The molecule has 22 heavy (non-hydrogen) atoms. The van der Waals surface area contributed by atoms with Crippen molar-refractivity contribution in [3.8, 4) is 0 Å². The Morgan fingerprint density at radius 3 is 2.86 bits per heavy atom. The Hall–Kier alpha value is -1.45. The second kappa shape index (κ2) is 6.35. The van der Waals surface area contributed by atoms with E-state index in [1.165, 1.54) is 49.7 Å². The Kier molecular flexibility index (Phi) is 4.09. The van der Waals surface area contributed by atoms with Crippen molar-refractivity contribution in [2.24, 2.45) is 5.92 Å². The van der Waals surface area contributed by atoms with Gasteiger partial charge in [-0.1, -0.05) is 12.1 Å². The van der Waals surface area contributed by atoms with Crippen molar-refractivity contribution in [1.82, 2.24) is 9.88 Å². The highest BCUT2D eigenvalue weighted by molar-refractivity contribution is 5.78. The van der Waals surface area contributed by atoms with Crippen LogP contribution in [0.1, 0.15) is 24.8 Å². The van der Waals surface area contributed by atoms with Crippen LogP contribution in [-0.2, 0) is 11.2 Å². The number of fused-ring (bicyclic) bond motifs is 1. The zero-order valence-electron chi connectivity index (χ0n) is 13.1. The number of ether oxygens (including phenoxy) is 1. The van der Waals surface area contributed by atoms with Crippen LogP contribution in [0, 0.1) is 5.92 Å². The number of aromatic nitrogens is 1. The van der Waals surface area contributed by atoms with E-state index in [-0.39, 0.29) is 0 Å². The molecule has 116 valence electrons. The van der Waals surface area contributed by atoms with Crippen LogP contribution in [0.5, 0.6) is 0 Å². The minimum Gasteiger partial charge on any atom is -0.380 e. The summed E-state index contributed by atoms with van der Waals surface area (Å²) in [6.07, 6.45) is 6.94. The summed E-state index contributed by atoms with van der Waals surface area (Å²) in [4.78, 5) is 7.05. The maximum Gasteiger partial charge on any atom is 0.0702 e. The number of hydrogen-bond donors (Lipinski definition) is 0. The molecule has 0 spiro atoms. The van der Waals surface area contributed by atoms with E-state index in [0.29, 0.717) is 6.04 Å². The van der Waals surface area contributed by atoms with E-state index in [0.717, 1.165) is 24.6 Å². The first kappa shape index (κ1) is 14.2. The number of hydrogen-bond acceptors (Lipinski definition) is 3. The maximum absolute atomic E-state index is 5.53. The van der Waals surface area contributed by atoms with Gasteiger partial charge in [-0.15, -0.1) is 0 Å². The molecule has 4 rings (SSSR count). The Bertz CT molecular complexity index is 628. The standard InChI is InChI=1S/C19H24N2O/c1-2-17-13-16(3-4-19(17)20-8-1)12-15-5-9-21(10-6-15)18-7-11-22-14-18/h1-4,8,13,15,18H,5-7,9-12,14H2. The predicted octanol–water partition coefficient (Wildman–Crippen LogP) is 3.28. The Labute approximate surface area is 132 Å². The molecule has 0 amide bonds. The normalized spacial score (nSPS) is 24.1. The lowest BCUT2D eigenvalue weighted by atomic mass is 9.89. The van der Waals surface area contributed by atoms with E-state index in [2.05, 4.69) is 34.1 Å². The molecule has 0 aliphatic carbocycles. The van der Waals surface area contributed by atoms with Crippen LogP contribution in [0.2, 0.25) is 0 Å². The summed E-state index contributed by atoms with van der Waals surface area (Å²) in [6.45, 7) is 4.39. The topological polar surface area (TPSA) is 25.4 Å². The lowest BCUT2D eigenvalue weighted by Gasteiger charge is -2.35. The first-order valence-electron chi connectivity index (χ1n) is 8.54. The summed E-state index contributed by atoms with van der Waals surface area (Å²) in [6, 6.07) is 11.6. The molecule has 2 aliphatic rings. The lowest BCUT2D eigenvalue weighted by molar-refractivity contribution is 0.110. The average Bonchev–Trinajstić information content (AvgIpc) is 3.10. The summed E-state index contributed by atoms with van der Waals surface area (Å²) in [5.74, 6) is 0.827. The molecule has 0 radical (unpaired) electrons. The molecule has 0 N–H and O–H groups in total. The van der Waals surface area contributed by atoms with Crippen LogP contribution in [0.3, 0.4) is 0 Å². The molecule has 1 aromatic heterocycles. The monoisotopic (exact) mass is 296 g/mol. The quantitative estimate of drug-likeness (QED) is 0.869. The molecule has 2 aromatic rings. The van der Waals surface area contributed by atoms with Crippen molar-refractivity contribution in [2.45, 2.75) is 31.7 Å².